The molecule has 4 N–H and O–H groups in total. The zero-order chi connectivity index (χ0) is 24.9. The molecule has 0 saturated carbocycles. The number of nitrogens with two attached hydrogens (primary N) is 1. The van der Waals surface area contributed by atoms with Gasteiger partial charge in [-0.25, -0.2) is 24.6 Å². The van der Waals surface area contributed by atoms with E-state index in [1.807, 2.05) is 13.8 Å². The molecule has 1 saturated heterocycles. The van der Waals surface area contributed by atoms with Gasteiger partial charge in [0, 0.05) is 11.8 Å². The average Bonchev–Trinajstić information content (AvgIpc) is 3.42. The molecule has 34 heavy (non-hydrogen) atoms. The Hall–Kier alpha value is -1.60. The summed E-state index contributed by atoms with van der Waals surface area (Å²) in [6.45, 7) is 6.88. The van der Waals surface area contributed by atoms with Gasteiger partial charge in [0.25, 0.3) is 0 Å². The van der Waals surface area contributed by atoms with Crippen molar-refractivity contribution >= 4 is 41.6 Å². The van der Waals surface area contributed by atoms with E-state index in [-0.39, 0.29) is 49.1 Å². The smallest absolute Gasteiger partial charge is 0.395 e. The van der Waals surface area contributed by atoms with Crippen molar-refractivity contribution in [1.82, 2.24) is 24.6 Å². The molecule has 2 aromatic rings. The van der Waals surface area contributed by atoms with Crippen LogP contribution in [0.25, 0.3) is 11.2 Å². The van der Waals surface area contributed by atoms with Crippen molar-refractivity contribution in [1.29, 1.82) is 0 Å². The fourth-order valence-electron chi connectivity index (χ4n) is 3.26. The third kappa shape index (κ3) is 6.75. The van der Waals surface area contributed by atoms with E-state index >= 15 is 0 Å². The van der Waals surface area contributed by atoms with Gasteiger partial charge in [-0.1, -0.05) is 11.8 Å². The van der Waals surface area contributed by atoms with Gasteiger partial charge in [0.05, 0.1) is 37.7 Å². The maximum Gasteiger partial charge on any atom is 0.405 e. The zero-order valence-electron chi connectivity index (χ0n) is 19.8. The molecule has 3 atom stereocenters. The lowest BCUT2D eigenvalue weighted by Crippen LogP contribution is -2.27. The number of anilines is 1. The van der Waals surface area contributed by atoms with Gasteiger partial charge < -0.3 is 15.6 Å². The minimum absolute atomic E-state index is 0.0468. The summed E-state index contributed by atoms with van der Waals surface area (Å²) >= 11 is 1.03. The van der Waals surface area contributed by atoms with Gasteiger partial charge in [-0.05, 0) is 40.5 Å². The Morgan fingerprint density at radius 3 is 2.85 bits per heavy atom. The monoisotopic (exact) mass is 516 g/mol. The number of aliphatic hydroxyl groups is 1. The van der Waals surface area contributed by atoms with Gasteiger partial charge in [0.15, 0.2) is 16.6 Å². The first-order valence-corrected chi connectivity index (χ1v) is 13.6. The molecule has 12 nitrogen and oxygen atoms in total. The van der Waals surface area contributed by atoms with Gasteiger partial charge >= 0.3 is 7.75 Å². The van der Waals surface area contributed by atoms with Crippen molar-refractivity contribution in [3.63, 3.8) is 0 Å². The van der Waals surface area contributed by atoms with Crippen LogP contribution in [0.4, 0.5) is 5.82 Å². The average molecular weight is 517 g/mol. The number of rotatable bonds is 12. The molecule has 2 aromatic heterocycles. The fraction of sp³-hybridized carbons (Fsp3) is 0.700. The third-order valence-electron chi connectivity index (χ3n) is 5.15. The number of nitrogens with one attached hydrogen (secondary N) is 1. The highest BCUT2D eigenvalue weighted by Gasteiger charge is 2.33. The molecule has 0 bridgehead atoms. The number of thioether (sulfide) groups is 1. The van der Waals surface area contributed by atoms with Crippen LogP contribution in [-0.2, 0) is 23.1 Å². The highest BCUT2D eigenvalue weighted by atomic mass is 32.2. The first-order chi connectivity index (χ1) is 16.0. The number of imidazole rings is 1. The van der Waals surface area contributed by atoms with Gasteiger partial charge in [-0.3, -0.25) is 18.4 Å². The first kappa shape index (κ1) is 27.0. The standard InChI is InChI=1S/C20H33N6O6PS/c1-13(2)25-33(29,30-7-8-34-19(28)20(3,4)10-27)31-9-14-5-6-15(32-14)26-12-24-16-17(21)22-11-23-18(16)26/h11-15,27H,5-10H2,1-4H3,(H,25,29)(H2,21,22,23)/t14-,15+,33?/m0/s1. The number of fused-ring (bicyclic) bond motifs is 1. The molecule has 1 aliphatic rings. The largest absolute Gasteiger partial charge is 0.405 e. The summed E-state index contributed by atoms with van der Waals surface area (Å²) in [4.78, 5) is 24.6. The van der Waals surface area contributed by atoms with E-state index in [2.05, 4.69) is 20.0 Å². The van der Waals surface area contributed by atoms with Crippen LogP contribution in [0.15, 0.2) is 12.7 Å². The van der Waals surface area contributed by atoms with Crippen LogP contribution < -0.4 is 10.8 Å². The van der Waals surface area contributed by atoms with Crippen molar-refractivity contribution in [2.24, 2.45) is 5.41 Å². The number of hydrogen-bond donors (Lipinski definition) is 3. The lowest BCUT2D eigenvalue weighted by molar-refractivity contribution is -0.119. The minimum Gasteiger partial charge on any atom is -0.395 e. The fourth-order valence-corrected chi connectivity index (χ4v) is 5.74. The van der Waals surface area contributed by atoms with E-state index in [0.29, 0.717) is 29.8 Å². The number of hydrogen-bond acceptors (Lipinski definition) is 11. The van der Waals surface area contributed by atoms with Gasteiger partial charge in [0.1, 0.15) is 18.1 Å². The summed E-state index contributed by atoms with van der Waals surface area (Å²) in [6, 6.07) is -0.145. The summed E-state index contributed by atoms with van der Waals surface area (Å²) in [6.07, 6.45) is 3.79. The number of nitrogen functional groups attached to an aromatic ring is 1. The summed E-state index contributed by atoms with van der Waals surface area (Å²) in [5.41, 5.74) is 6.12. The maximum atomic E-state index is 13.2. The van der Waals surface area contributed by atoms with Crippen molar-refractivity contribution in [3.05, 3.63) is 12.7 Å². The van der Waals surface area contributed by atoms with Crippen LogP contribution in [0.1, 0.15) is 46.8 Å². The molecule has 1 aliphatic heterocycles. The second-order valence-corrected chi connectivity index (χ2v) is 11.8. The van der Waals surface area contributed by atoms with E-state index < -0.39 is 13.2 Å². The summed E-state index contributed by atoms with van der Waals surface area (Å²) in [5, 5.41) is 12.0. The molecule has 14 heteroatoms. The number of aliphatic hydroxyl groups excluding tert-OH is 1. The van der Waals surface area contributed by atoms with Gasteiger partial charge in [-0.15, -0.1) is 0 Å². The predicted octanol–water partition coefficient (Wildman–Crippen LogP) is 2.50. The SMILES string of the molecule is CC(C)NP(=O)(OCCSC(=O)C(C)(C)CO)OC[C@@H]1CC[C@H](n2cnc3c(N)ncnc32)O1. The van der Waals surface area contributed by atoms with Crippen molar-refractivity contribution in [2.75, 3.05) is 31.3 Å². The van der Waals surface area contributed by atoms with Crippen molar-refractivity contribution in [2.45, 2.75) is 58.9 Å². The van der Waals surface area contributed by atoms with Crippen molar-refractivity contribution in [3.8, 4) is 0 Å². The molecule has 3 rings (SSSR count). The van der Waals surface area contributed by atoms with Crippen LogP contribution in [0.3, 0.4) is 0 Å². The quantitative estimate of drug-likeness (QED) is 0.279. The topological polar surface area (TPSA) is 164 Å². The van der Waals surface area contributed by atoms with E-state index in [1.165, 1.54) is 6.33 Å². The molecule has 0 aromatic carbocycles. The molecule has 3 heterocycles. The van der Waals surface area contributed by atoms with E-state index in [0.717, 1.165) is 11.8 Å². The molecule has 0 aliphatic carbocycles. The summed E-state index contributed by atoms with van der Waals surface area (Å²) < 4.78 is 32.3. The Bertz CT molecular complexity index is 1030. The van der Waals surface area contributed by atoms with Crippen molar-refractivity contribution < 1.29 is 28.3 Å². The number of carbonyl (C=O) groups is 1. The lowest BCUT2D eigenvalue weighted by atomic mass is 9.97. The Morgan fingerprint density at radius 2 is 2.15 bits per heavy atom. The molecule has 0 radical (unpaired) electrons. The van der Waals surface area contributed by atoms with E-state index in [1.54, 1.807) is 24.7 Å². The number of nitrogens with zero attached hydrogens (tertiary/aromatic N) is 4. The molecule has 0 amide bonds. The Labute approximate surface area is 202 Å². The summed E-state index contributed by atoms with van der Waals surface area (Å²) in [7, 11) is -3.62. The van der Waals surface area contributed by atoms with Crippen LogP contribution in [-0.4, -0.2) is 67.5 Å². The van der Waals surface area contributed by atoms with Crippen LogP contribution in [0, 0.1) is 5.41 Å². The Balaban J connectivity index is 1.53. The second kappa shape index (κ2) is 11.4. The third-order valence-corrected chi connectivity index (χ3v) is 8.18. The Kier molecular flexibility index (Phi) is 9.07. The van der Waals surface area contributed by atoms with E-state index in [9.17, 15) is 14.5 Å². The number of ether oxygens (including phenoxy) is 1. The molecule has 190 valence electrons. The predicted molar refractivity (Wildman–Crippen MR) is 129 cm³/mol. The molecule has 1 unspecified atom stereocenters. The van der Waals surface area contributed by atoms with Gasteiger partial charge in [-0.2, -0.15) is 0 Å². The molecular formula is C20H33N6O6PS. The molecule has 1 fully saturated rings. The van der Waals surface area contributed by atoms with Crippen LogP contribution in [0.2, 0.25) is 0 Å². The first-order valence-electron chi connectivity index (χ1n) is 11.1. The molecule has 0 spiro atoms. The molecular weight excluding hydrogens is 483 g/mol. The lowest BCUT2D eigenvalue weighted by Gasteiger charge is -2.23. The Morgan fingerprint density at radius 1 is 1.38 bits per heavy atom. The number of aromatic nitrogens is 4. The second-order valence-electron chi connectivity index (χ2n) is 8.96. The van der Waals surface area contributed by atoms with Crippen LogP contribution in [0.5, 0.6) is 0 Å². The van der Waals surface area contributed by atoms with E-state index in [4.69, 9.17) is 19.5 Å². The highest BCUT2D eigenvalue weighted by Crippen LogP contribution is 2.45. The maximum absolute atomic E-state index is 13.2. The normalized spacial score (nSPS) is 20.8. The summed E-state index contributed by atoms with van der Waals surface area (Å²) in [5.74, 6) is 0.593. The number of carbonyl (C=O) groups excluding carboxylic acids is 1. The van der Waals surface area contributed by atoms with Crippen LogP contribution >= 0.6 is 19.5 Å². The van der Waals surface area contributed by atoms with Gasteiger partial charge in [0.2, 0.25) is 0 Å². The highest BCUT2D eigenvalue weighted by molar-refractivity contribution is 8.13. The zero-order valence-corrected chi connectivity index (χ0v) is 21.6. The minimum atomic E-state index is -3.62.